The summed E-state index contributed by atoms with van der Waals surface area (Å²) < 4.78 is 24.2. The number of ether oxygens (including phenoxy) is 2. The predicted octanol–water partition coefficient (Wildman–Crippen LogP) is 3.11. The molecule has 0 saturated carbocycles. The Morgan fingerprint density at radius 1 is 1.18 bits per heavy atom. The zero-order valence-corrected chi connectivity index (χ0v) is 12.5. The van der Waals surface area contributed by atoms with Crippen molar-refractivity contribution in [2.24, 2.45) is 0 Å². The van der Waals surface area contributed by atoms with Crippen molar-refractivity contribution in [3.8, 4) is 5.75 Å². The Morgan fingerprint density at radius 2 is 1.95 bits per heavy atom. The topological polar surface area (TPSA) is 38.8 Å². The van der Waals surface area contributed by atoms with E-state index in [1.807, 2.05) is 4.90 Å². The molecule has 4 nitrogen and oxygen atoms in total. The van der Waals surface area contributed by atoms with Gasteiger partial charge in [-0.15, -0.1) is 0 Å². The lowest BCUT2D eigenvalue weighted by molar-refractivity contribution is -0.125. The molecule has 1 aromatic rings. The van der Waals surface area contributed by atoms with Gasteiger partial charge < -0.3 is 14.4 Å². The summed E-state index contributed by atoms with van der Waals surface area (Å²) in [7, 11) is 0. The Balaban J connectivity index is 1.77. The summed E-state index contributed by atoms with van der Waals surface area (Å²) in [4.78, 5) is 14.1. The molecular formula is C17H20FNO3. The second-order valence-corrected chi connectivity index (χ2v) is 5.67. The number of hydrogen-bond donors (Lipinski definition) is 0. The van der Waals surface area contributed by atoms with E-state index in [-0.39, 0.29) is 18.5 Å². The van der Waals surface area contributed by atoms with Gasteiger partial charge >= 0.3 is 0 Å². The molecule has 1 saturated heterocycles. The smallest absolute Gasteiger partial charge is 0.246 e. The summed E-state index contributed by atoms with van der Waals surface area (Å²) in [6, 6.07) is 2.79. The molecule has 1 fully saturated rings. The second-order valence-electron chi connectivity index (χ2n) is 5.67. The minimum Gasteiger partial charge on any atom is -0.467 e. The lowest BCUT2D eigenvalue weighted by Crippen LogP contribution is -2.30. The van der Waals surface area contributed by atoms with Gasteiger partial charge in [0.15, 0.2) is 6.79 Å². The van der Waals surface area contributed by atoms with Crippen molar-refractivity contribution in [1.82, 2.24) is 4.90 Å². The average Bonchev–Trinajstić information content (AvgIpc) is 2.81. The zero-order chi connectivity index (χ0) is 15.4. The molecule has 118 valence electrons. The number of rotatable bonds is 2. The number of carbonyl (C=O) groups is 1. The third-order valence-corrected chi connectivity index (χ3v) is 4.03. The maximum atomic E-state index is 13.6. The molecule has 0 atom stereocenters. The quantitative estimate of drug-likeness (QED) is 0.788. The SMILES string of the molecule is O=C(C=Cc1cc(F)cc2c1OCOC2)N1CCCCCC1. The van der Waals surface area contributed by atoms with E-state index in [4.69, 9.17) is 9.47 Å². The highest BCUT2D eigenvalue weighted by Crippen LogP contribution is 2.30. The van der Waals surface area contributed by atoms with Crippen LogP contribution in [0.1, 0.15) is 36.8 Å². The lowest BCUT2D eigenvalue weighted by atomic mass is 10.1. The van der Waals surface area contributed by atoms with Crippen LogP contribution in [-0.4, -0.2) is 30.7 Å². The Labute approximate surface area is 129 Å². The summed E-state index contributed by atoms with van der Waals surface area (Å²) in [6.45, 7) is 2.08. The first-order chi connectivity index (χ1) is 10.7. The Morgan fingerprint density at radius 3 is 2.73 bits per heavy atom. The average molecular weight is 305 g/mol. The minimum atomic E-state index is -0.352. The van der Waals surface area contributed by atoms with E-state index in [9.17, 15) is 9.18 Å². The molecule has 2 heterocycles. The van der Waals surface area contributed by atoms with Crippen LogP contribution in [0.15, 0.2) is 18.2 Å². The van der Waals surface area contributed by atoms with E-state index in [1.165, 1.54) is 31.1 Å². The molecular weight excluding hydrogens is 285 g/mol. The van der Waals surface area contributed by atoms with Crippen molar-refractivity contribution in [2.45, 2.75) is 32.3 Å². The van der Waals surface area contributed by atoms with E-state index in [0.29, 0.717) is 23.5 Å². The maximum absolute atomic E-state index is 13.6. The number of benzene rings is 1. The maximum Gasteiger partial charge on any atom is 0.246 e. The molecule has 5 heteroatoms. The fraction of sp³-hybridized carbons (Fsp3) is 0.471. The van der Waals surface area contributed by atoms with Crippen molar-refractivity contribution in [3.05, 3.63) is 35.2 Å². The molecule has 0 radical (unpaired) electrons. The zero-order valence-electron chi connectivity index (χ0n) is 12.5. The van der Waals surface area contributed by atoms with Crippen LogP contribution in [0.4, 0.5) is 4.39 Å². The van der Waals surface area contributed by atoms with Crippen molar-refractivity contribution < 1.29 is 18.7 Å². The fourth-order valence-electron chi connectivity index (χ4n) is 2.89. The van der Waals surface area contributed by atoms with Crippen LogP contribution >= 0.6 is 0 Å². The van der Waals surface area contributed by atoms with Crippen molar-refractivity contribution in [3.63, 3.8) is 0 Å². The number of hydrogen-bond acceptors (Lipinski definition) is 3. The standard InChI is InChI=1S/C17H20FNO3/c18-15-9-13(17-14(10-15)11-21-12-22-17)5-6-16(20)19-7-3-1-2-4-8-19/h5-6,9-10H,1-4,7-8,11-12H2. The normalized spacial score (nSPS) is 18.7. The summed E-state index contributed by atoms with van der Waals surface area (Å²) >= 11 is 0. The van der Waals surface area contributed by atoms with Crippen molar-refractivity contribution >= 4 is 12.0 Å². The van der Waals surface area contributed by atoms with Gasteiger partial charge in [-0.3, -0.25) is 4.79 Å². The molecule has 0 aliphatic carbocycles. The Bertz CT molecular complexity index is 578. The molecule has 0 bridgehead atoms. The number of likely N-dealkylation sites (tertiary alicyclic amines) is 1. The van der Waals surface area contributed by atoms with E-state index >= 15 is 0 Å². The van der Waals surface area contributed by atoms with Gasteiger partial charge in [-0.2, -0.15) is 0 Å². The van der Waals surface area contributed by atoms with Crippen LogP contribution < -0.4 is 4.74 Å². The third kappa shape index (κ3) is 3.47. The van der Waals surface area contributed by atoms with Crippen LogP contribution in [0.3, 0.4) is 0 Å². The largest absolute Gasteiger partial charge is 0.467 e. The van der Waals surface area contributed by atoms with Crippen LogP contribution in [-0.2, 0) is 16.1 Å². The molecule has 0 spiro atoms. The second kappa shape index (κ2) is 6.92. The van der Waals surface area contributed by atoms with Crippen LogP contribution in [0, 0.1) is 5.82 Å². The first-order valence-electron chi connectivity index (χ1n) is 7.74. The van der Waals surface area contributed by atoms with E-state index in [0.717, 1.165) is 25.9 Å². The minimum absolute atomic E-state index is 0.0213. The van der Waals surface area contributed by atoms with E-state index in [2.05, 4.69) is 0 Å². The van der Waals surface area contributed by atoms with Gasteiger partial charge in [0.2, 0.25) is 5.91 Å². The fourth-order valence-corrected chi connectivity index (χ4v) is 2.89. The van der Waals surface area contributed by atoms with Crippen LogP contribution in [0.5, 0.6) is 5.75 Å². The molecule has 22 heavy (non-hydrogen) atoms. The van der Waals surface area contributed by atoms with Crippen LogP contribution in [0.25, 0.3) is 6.08 Å². The Kier molecular flexibility index (Phi) is 4.73. The number of amides is 1. The summed E-state index contributed by atoms with van der Waals surface area (Å²) in [5, 5.41) is 0. The van der Waals surface area contributed by atoms with Gasteiger partial charge in [-0.05, 0) is 31.1 Å². The van der Waals surface area contributed by atoms with Crippen LogP contribution in [0.2, 0.25) is 0 Å². The van der Waals surface area contributed by atoms with E-state index in [1.54, 1.807) is 6.08 Å². The molecule has 1 aromatic carbocycles. The predicted molar refractivity (Wildman–Crippen MR) is 80.8 cm³/mol. The Hall–Kier alpha value is -1.88. The third-order valence-electron chi connectivity index (χ3n) is 4.03. The summed E-state index contributed by atoms with van der Waals surface area (Å²) in [5.74, 6) is 0.231. The monoisotopic (exact) mass is 305 g/mol. The van der Waals surface area contributed by atoms with Gasteiger partial charge in [-0.25, -0.2) is 4.39 Å². The lowest BCUT2D eigenvalue weighted by Gasteiger charge is -2.20. The number of fused-ring (bicyclic) bond motifs is 1. The molecule has 1 amide bonds. The highest BCUT2D eigenvalue weighted by atomic mass is 19.1. The van der Waals surface area contributed by atoms with Crippen molar-refractivity contribution in [2.75, 3.05) is 19.9 Å². The molecule has 2 aliphatic rings. The first kappa shape index (κ1) is 15.0. The molecule has 2 aliphatic heterocycles. The van der Waals surface area contributed by atoms with Gasteiger partial charge in [0.1, 0.15) is 11.6 Å². The van der Waals surface area contributed by atoms with Gasteiger partial charge in [0, 0.05) is 30.3 Å². The summed E-state index contributed by atoms with van der Waals surface area (Å²) in [5.41, 5.74) is 1.26. The number of nitrogens with zero attached hydrogens (tertiary/aromatic N) is 1. The molecule has 3 rings (SSSR count). The van der Waals surface area contributed by atoms with Crippen molar-refractivity contribution in [1.29, 1.82) is 0 Å². The van der Waals surface area contributed by atoms with Gasteiger partial charge in [-0.1, -0.05) is 12.8 Å². The molecule has 0 aromatic heterocycles. The summed E-state index contributed by atoms with van der Waals surface area (Å²) in [6.07, 6.45) is 7.61. The van der Waals surface area contributed by atoms with Gasteiger partial charge in [0.25, 0.3) is 0 Å². The number of carbonyl (C=O) groups excluding carboxylic acids is 1. The number of halogens is 1. The first-order valence-corrected chi connectivity index (χ1v) is 7.74. The van der Waals surface area contributed by atoms with Gasteiger partial charge in [0.05, 0.1) is 6.61 Å². The molecule has 0 unspecified atom stereocenters. The van der Waals surface area contributed by atoms with E-state index < -0.39 is 0 Å². The highest BCUT2D eigenvalue weighted by Gasteiger charge is 2.17. The highest BCUT2D eigenvalue weighted by molar-refractivity contribution is 5.92. The molecule has 0 N–H and O–H groups in total.